The van der Waals surface area contributed by atoms with Crippen molar-refractivity contribution in [1.29, 1.82) is 0 Å². The smallest absolute Gasteiger partial charge is 0.177 e. The van der Waals surface area contributed by atoms with Gasteiger partial charge in [0, 0.05) is 0 Å². The SMILES string of the molecule is CC(C)CO[C@@H]1C=C[C@H](O)[C@@H](CO)O1. The molecule has 0 saturated heterocycles. The summed E-state index contributed by atoms with van der Waals surface area (Å²) in [5.74, 6) is 0.437. The summed E-state index contributed by atoms with van der Waals surface area (Å²) < 4.78 is 10.7. The van der Waals surface area contributed by atoms with Gasteiger partial charge in [0.15, 0.2) is 6.29 Å². The molecule has 0 amide bonds. The summed E-state index contributed by atoms with van der Waals surface area (Å²) >= 11 is 0. The average molecular weight is 202 g/mol. The highest BCUT2D eigenvalue weighted by Gasteiger charge is 2.25. The van der Waals surface area contributed by atoms with E-state index in [0.717, 1.165) is 0 Å². The lowest BCUT2D eigenvalue weighted by Gasteiger charge is -2.28. The molecular formula is C10H18O4. The molecule has 4 heteroatoms. The molecule has 0 aromatic rings. The van der Waals surface area contributed by atoms with E-state index in [9.17, 15) is 5.11 Å². The van der Waals surface area contributed by atoms with Crippen LogP contribution in [-0.4, -0.2) is 41.9 Å². The Morgan fingerprint density at radius 3 is 2.71 bits per heavy atom. The summed E-state index contributed by atoms with van der Waals surface area (Å²) in [6.45, 7) is 4.49. The van der Waals surface area contributed by atoms with Crippen LogP contribution in [0.25, 0.3) is 0 Å². The second kappa shape index (κ2) is 5.46. The normalized spacial score (nSPS) is 32.5. The van der Waals surface area contributed by atoms with Crippen LogP contribution >= 0.6 is 0 Å². The summed E-state index contributed by atoms with van der Waals surface area (Å²) in [5.41, 5.74) is 0. The van der Waals surface area contributed by atoms with Gasteiger partial charge in [-0.15, -0.1) is 0 Å². The fraction of sp³-hybridized carbons (Fsp3) is 0.800. The lowest BCUT2D eigenvalue weighted by molar-refractivity contribution is -0.183. The second-order valence-electron chi connectivity index (χ2n) is 3.83. The summed E-state index contributed by atoms with van der Waals surface area (Å²) in [4.78, 5) is 0. The minimum Gasteiger partial charge on any atom is -0.394 e. The highest BCUT2D eigenvalue weighted by Crippen LogP contribution is 2.14. The Balaban J connectivity index is 2.38. The zero-order valence-corrected chi connectivity index (χ0v) is 8.59. The summed E-state index contributed by atoms with van der Waals surface area (Å²) in [6.07, 6.45) is 1.50. The van der Waals surface area contributed by atoms with Crippen molar-refractivity contribution in [1.82, 2.24) is 0 Å². The monoisotopic (exact) mass is 202 g/mol. The van der Waals surface area contributed by atoms with E-state index in [2.05, 4.69) is 0 Å². The fourth-order valence-corrected chi connectivity index (χ4v) is 1.16. The minimum atomic E-state index is -0.737. The summed E-state index contributed by atoms with van der Waals surface area (Å²) in [7, 11) is 0. The third-order valence-electron chi connectivity index (χ3n) is 1.93. The molecule has 0 spiro atoms. The molecule has 0 radical (unpaired) electrons. The second-order valence-corrected chi connectivity index (χ2v) is 3.83. The maximum absolute atomic E-state index is 9.34. The molecule has 2 N–H and O–H groups in total. The molecule has 0 fully saturated rings. The maximum Gasteiger partial charge on any atom is 0.177 e. The molecule has 1 rings (SSSR count). The van der Waals surface area contributed by atoms with Crippen LogP contribution in [0, 0.1) is 5.92 Å². The standard InChI is InChI=1S/C10H18O4/c1-7(2)6-13-10-4-3-8(12)9(5-11)14-10/h3-4,7-12H,5-6H2,1-2H3/t8-,9+,10-/m0/s1. The van der Waals surface area contributed by atoms with Gasteiger partial charge in [-0.25, -0.2) is 0 Å². The van der Waals surface area contributed by atoms with Crippen LogP contribution < -0.4 is 0 Å². The lowest BCUT2D eigenvalue weighted by atomic mass is 10.1. The van der Waals surface area contributed by atoms with Crippen LogP contribution in [0.5, 0.6) is 0 Å². The van der Waals surface area contributed by atoms with Gasteiger partial charge >= 0.3 is 0 Å². The van der Waals surface area contributed by atoms with Crippen molar-refractivity contribution < 1.29 is 19.7 Å². The van der Waals surface area contributed by atoms with E-state index in [1.807, 2.05) is 13.8 Å². The molecule has 0 bridgehead atoms. The van der Waals surface area contributed by atoms with E-state index in [-0.39, 0.29) is 6.61 Å². The maximum atomic E-state index is 9.34. The van der Waals surface area contributed by atoms with Crippen LogP contribution in [0.3, 0.4) is 0 Å². The Hall–Kier alpha value is -0.420. The predicted molar refractivity (Wildman–Crippen MR) is 51.7 cm³/mol. The first kappa shape index (κ1) is 11.7. The quantitative estimate of drug-likeness (QED) is 0.643. The van der Waals surface area contributed by atoms with Crippen LogP contribution in [0.2, 0.25) is 0 Å². The van der Waals surface area contributed by atoms with E-state index in [4.69, 9.17) is 14.6 Å². The molecule has 1 aliphatic rings. The van der Waals surface area contributed by atoms with Crippen LogP contribution in [-0.2, 0) is 9.47 Å². The van der Waals surface area contributed by atoms with Crippen molar-refractivity contribution in [2.75, 3.05) is 13.2 Å². The highest BCUT2D eigenvalue weighted by atomic mass is 16.7. The molecule has 0 aromatic carbocycles. The molecule has 1 heterocycles. The number of hydrogen-bond acceptors (Lipinski definition) is 4. The molecule has 3 atom stereocenters. The van der Waals surface area contributed by atoms with Gasteiger partial charge in [0.25, 0.3) is 0 Å². The fourth-order valence-electron chi connectivity index (χ4n) is 1.16. The predicted octanol–water partition coefficient (Wildman–Crippen LogP) is 0.293. The van der Waals surface area contributed by atoms with Crippen LogP contribution in [0.4, 0.5) is 0 Å². The van der Waals surface area contributed by atoms with Gasteiger partial charge in [-0.3, -0.25) is 0 Å². The van der Waals surface area contributed by atoms with Crippen LogP contribution in [0.1, 0.15) is 13.8 Å². The Bertz CT molecular complexity index is 191. The third-order valence-corrected chi connectivity index (χ3v) is 1.93. The number of ether oxygens (including phenoxy) is 2. The Kier molecular flexibility index (Phi) is 4.54. The molecule has 0 saturated carbocycles. The average Bonchev–Trinajstić information content (AvgIpc) is 2.16. The summed E-state index contributed by atoms with van der Waals surface area (Å²) in [5, 5.41) is 18.2. The molecule has 14 heavy (non-hydrogen) atoms. The van der Waals surface area contributed by atoms with E-state index in [1.54, 1.807) is 12.2 Å². The molecule has 0 aliphatic carbocycles. The number of rotatable bonds is 4. The van der Waals surface area contributed by atoms with Gasteiger partial charge in [0.05, 0.1) is 13.2 Å². The summed E-state index contributed by atoms with van der Waals surface area (Å²) in [6, 6.07) is 0. The van der Waals surface area contributed by atoms with Crippen molar-refractivity contribution in [3.05, 3.63) is 12.2 Å². The minimum absolute atomic E-state index is 0.201. The van der Waals surface area contributed by atoms with E-state index < -0.39 is 18.5 Å². The van der Waals surface area contributed by atoms with Crippen molar-refractivity contribution >= 4 is 0 Å². The Morgan fingerprint density at radius 1 is 1.43 bits per heavy atom. The van der Waals surface area contributed by atoms with Gasteiger partial charge in [-0.2, -0.15) is 0 Å². The van der Waals surface area contributed by atoms with Crippen molar-refractivity contribution in [2.24, 2.45) is 5.92 Å². The zero-order valence-electron chi connectivity index (χ0n) is 8.59. The molecule has 0 unspecified atom stereocenters. The first-order chi connectivity index (χ1) is 6.63. The van der Waals surface area contributed by atoms with E-state index in [1.165, 1.54) is 0 Å². The third kappa shape index (κ3) is 3.38. The van der Waals surface area contributed by atoms with E-state index >= 15 is 0 Å². The molecular weight excluding hydrogens is 184 g/mol. The molecule has 0 aromatic heterocycles. The first-order valence-electron chi connectivity index (χ1n) is 4.87. The number of hydrogen-bond donors (Lipinski definition) is 2. The van der Waals surface area contributed by atoms with Gasteiger partial charge in [0.2, 0.25) is 0 Å². The molecule has 4 nitrogen and oxygen atoms in total. The van der Waals surface area contributed by atoms with Crippen molar-refractivity contribution in [3.63, 3.8) is 0 Å². The van der Waals surface area contributed by atoms with Gasteiger partial charge in [-0.05, 0) is 12.0 Å². The molecule has 1 aliphatic heterocycles. The van der Waals surface area contributed by atoms with Gasteiger partial charge in [-0.1, -0.05) is 19.9 Å². The van der Waals surface area contributed by atoms with Gasteiger partial charge in [0.1, 0.15) is 12.2 Å². The molecule has 82 valence electrons. The zero-order chi connectivity index (χ0) is 10.6. The highest BCUT2D eigenvalue weighted by molar-refractivity contribution is 4.99. The van der Waals surface area contributed by atoms with E-state index in [0.29, 0.717) is 12.5 Å². The number of aliphatic hydroxyl groups is 2. The number of aliphatic hydroxyl groups excluding tert-OH is 2. The van der Waals surface area contributed by atoms with Crippen molar-refractivity contribution in [2.45, 2.75) is 32.3 Å². The topological polar surface area (TPSA) is 58.9 Å². The van der Waals surface area contributed by atoms with Crippen molar-refractivity contribution in [3.8, 4) is 0 Å². The lowest BCUT2D eigenvalue weighted by Crippen LogP contribution is -2.39. The Morgan fingerprint density at radius 2 is 2.14 bits per heavy atom. The first-order valence-corrected chi connectivity index (χ1v) is 4.87. The van der Waals surface area contributed by atoms with Gasteiger partial charge < -0.3 is 19.7 Å². The van der Waals surface area contributed by atoms with Crippen LogP contribution in [0.15, 0.2) is 12.2 Å². The largest absolute Gasteiger partial charge is 0.394 e. The Labute approximate surface area is 84.1 Å².